The zero-order valence-corrected chi connectivity index (χ0v) is 15.1. The SMILES string of the molecule is CCNC(=NCC#Cc1ccc(C(F)(F)F)cc1)N(C)CC1CCOC1. The Morgan fingerprint density at radius 2 is 2.08 bits per heavy atom. The molecule has 0 saturated carbocycles. The van der Waals surface area contributed by atoms with Crippen LogP contribution in [0.4, 0.5) is 13.2 Å². The van der Waals surface area contributed by atoms with Gasteiger partial charge in [0, 0.05) is 38.2 Å². The zero-order valence-electron chi connectivity index (χ0n) is 15.1. The monoisotopic (exact) mass is 367 g/mol. The smallest absolute Gasteiger partial charge is 0.381 e. The number of rotatable bonds is 4. The molecule has 0 aliphatic carbocycles. The van der Waals surface area contributed by atoms with E-state index in [-0.39, 0.29) is 6.54 Å². The first-order chi connectivity index (χ1) is 12.4. The molecule has 26 heavy (non-hydrogen) atoms. The minimum atomic E-state index is -4.33. The van der Waals surface area contributed by atoms with Crippen LogP contribution < -0.4 is 5.32 Å². The number of ether oxygens (including phenoxy) is 1. The summed E-state index contributed by atoms with van der Waals surface area (Å²) in [6.07, 6.45) is -3.27. The van der Waals surface area contributed by atoms with Gasteiger partial charge in [-0.25, -0.2) is 4.99 Å². The number of aliphatic imine (C=N–C) groups is 1. The summed E-state index contributed by atoms with van der Waals surface area (Å²) in [6, 6.07) is 4.82. The second-order valence-electron chi connectivity index (χ2n) is 6.16. The van der Waals surface area contributed by atoms with Crippen LogP contribution in [0.5, 0.6) is 0 Å². The molecular weight excluding hydrogens is 343 g/mol. The fourth-order valence-electron chi connectivity index (χ4n) is 2.67. The van der Waals surface area contributed by atoms with Crippen molar-refractivity contribution in [2.45, 2.75) is 19.5 Å². The Bertz CT molecular complexity index is 653. The van der Waals surface area contributed by atoms with Crippen molar-refractivity contribution in [3.8, 4) is 11.8 Å². The third-order valence-electron chi connectivity index (χ3n) is 4.01. The van der Waals surface area contributed by atoms with E-state index in [4.69, 9.17) is 4.74 Å². The Hall–Kier alpha value is -2.20. The predicted octanol–water partition coefficient (Wildman–Crippen LogP) is 2.99. The molecule has 1 aromatic carbocycles. The lowest BCUT2D eigenvalue weighted by atomic mass is 10.1. The molecule has 4 nitrogen and oxygen atoms in total. The highest BCUT2D eigenvalue weighted by atomic mass is 19.4. The second kappa shape index (κ2) is 9.48. The third kappa shape index (κ3) is 6.26. The average molecular weight is 367 g/mol. The van der Waals surface area contributed by atoms with Gasteiger partial charge in [-0.05, 0) is 37.6 Å². The quantitative estimate of drug-likeness (QED) is 0.505. The van der Waals surface area contributed by atoms with Crippen LogP contribution in [0.15, 0.2) is 29.3 Å². The first-order valence-corrected chi connectivity index (χ1v) is 8.63. The minimum absolute atomic E-state index is 0.273. The minimum Gasteiger partial charge on any atom is -0.381 e. The highest BCUT2D eigenvalue weighted by Crippen LogP contribution is 2.28. The van der Waals surface area contributed by atoms with E-state index in [2.05, 4.69) is 27.0 Å². The molecule has 7 heteroatoms. The molecule has 2 rings (SSSR count). The number of hydrogen-bond donors (Lipinski definition) is 1. The number of alkyl halides is 3. The van der Waals surface area contributed by atoms with Crippen molar-refractivity contribution in [3.05, 3.63) is 35.4 Å². The van der Waals surface area contributed by atoms with Crippen molar-refractivity contribution in [1.29, 1.82) is 0 Å². The van der Waals surface area contributed by atoms with Crippen LogP contribution in [-0.2, 0) is 10.9 Å². The van der Waals surface area contributed by atoms with Gasteiger partial charge in [-0.1, -0.05) is 11.8 Å². The molecule has 1 heterocycles. The highest BCUT2D eigenvalue weighted by molar-refractivity contribution is 5.79. The molecule has 1 aliphatic heterocycles. The third-order valence-corrected chi connectivity index (χ3v) is 4.01. The molecule has 1 N–H and O–H groups in total. The van der Waals surface area contributed by atoms with Crippen molar-refractivity contribution in [1.82, 2.24) is 10.2 Å². The topological polar surface area (TPSA) is 36.9 Å². The maximum atomic E-state index is 12.5. The van der Waals surface area contributed by atoms with Gasteiger partial charge in [-0.3, -0.25) is 0 Å². The van der Waals surface area contributed by atoms with Gasteiger partial charge < -0.3 is 15.0 Å². The summed E-state index contributed by atoms with van der Waals surface area (Å²) in [4.78, 5) is 6.52. The van der Waals surface area contributed by atoms with Gasteiger partial charge in [-0.15, -0.1) is 0 Å². The Labute approximate surface area is 152 Å². The Balaban J connectivity index is 1.94. The number of hydrogen-bond acceptors (Lipinski definition) is 2. The molecule has 1 fully saturated rings. The number of nitrogens with one attached hydrogen (secondary N) is 1. The molecule has 142 valence electrons. The molecular formula is C19H24F3N3O. The molecule has 0 bridgehead atoms. The molecule has 0 spiro atoms. The van der Waals surface area contributed by atoms with Gasteiger partial charge in [0.05, 0.1) is 12.2 Å². The molecule has 0 amide bonds. The summed E-state index contributed by atoms with van der Waals surface area (Å²) in [7, 11) is 1.98. The molecule has 0 aromatic heterocycles. The van der Waals surface area contributed by atoms with Crippen molar-refractivity contribution in [2.24, 2.45) is 10.9 Å². The van der Waals surface area contributed by atoms with E-state index in [1.54, 1.807) is 0 Å². The summed E-state index contributed by atoms with van der Waals surface area (Å²) < 4.78 is 43.0. The number of halogens is 3. The van der Waals surface area contributed by atoms with Crippen LogP contribution in [0.2, 0.25) is 0 Å². The Morgan fingerprint density at radius 3 is 2.65 bits per heavy atom. The van der Waals surface area contributed by atoms with Crippen LogP contribution in [-0.4, -0.2) is 50.8 Å². The first kappa shape index (κ1) is 20.1. The molecule has 0 radical (unpaired) electrons. The lowest BCUT2D eigenvalue weighted by Crippen LogP contribution is -2.41. The van der Waals surface area contributed by atoms with Crippen LogP contribution in [0, 0.1) is 17.8 Å². The fourth-order valence-corrected chi connectivity index (χ4v) is 2.67. The van der Waals surface area contributed by atoms with Crippen molar-refractivity contribution in [2.75, 3.05) is 39.9 Å². The number of guanidine groups is 1. The van der Waals surface area contributed by atoms with Crippen molar-refractivity contribution < 1.29 is 17.9 Å². The van der Waals surface area contributed by atoms with E-state index in [0.717, 1.165) is 50.8 Å². The summed E-state index contributed by atoms with van der Waals surface area (Å²) in [5.74, 6) is 7.00. The fraction of sp³-hybridized carbons (Fsp3) is 0.526. The predicted molar refractivity (Wildman–Crippen MR) is 95.9 cm³/mol. The van der Waals surface area contributed by atoms with Gasteiger partial charge in [0.1, 0.15) is 6.54 Å². The van der Waals surface area contributed by atoms with E-state index in [9.17, 15) is 13.2 Å². The lowest BCUT2D eigenvalue weighted by Gasteiger charge is -2.24. The van der Waals surface area contributed by atoms with Crippen molar-refractivity contribution >= 4 is 5.96 Å². The van der Waals surface area contributed by atoms with Crippen LogP contribution in [0.25, 0.3) is 0 Å². The molecule has 1 saturated heterocycles. The Morgan fingerprint density at radius 1 is 1.35 bits per heavy atom. The second-order valence-corrected chi connectivity index (χ2v) is 6.16. The number of benzene rings is 1. The molecule has 1 aliphatic rings. The van der Waals surface area contributed by atoms with E-state index in [0.29, 0.717) is 11.5 Å². The van der Waals surface area contributed by atoms with Gasteiger partial charge >= 0.3 is 6.18 Å². The van der Waals surface area contributed by atoms with E-state index >= 15 is 0 Å². The lowest BCUT2D eigenvalue weighted by molar-refractivity contribution is -0.137. The summed E-state index contributed by atoms with van der Waals surface area (Å²) >= 11 is 0. The van der Waals surface area contributed by atoms with Crippen molar-refractivity contribution in [3.63, 3.8) is 0 Å². The van der Waals surface area contributed by atoms with Gasteiger partial charge in [0.15, 0.2) is 5.96 Å². The van der Waals surface area contributed by atoms with Crippen LogP contribution in [0.1, 0.15) is 24.5 Å². The maximum absolute atomic E-state index is 12.5. The van der Waals surface area contributed by atoms with E-state index in [1.165, 1.54) is 12.1 Å². The standard InChI is InChI=1S/C19H24F3N3O/c1-3-23-18(25(2)13-16-10-12-26-14-16)24-11-4-5-15-6-8-17(9-7-15)19(20,21)22/h6-9,16H,3,10-14H2,1-2H3,(H,23,24). The van der Waals surface area contributed by atoms with Gasteiger partial charge in [-0.2, -0.15) is 13.2 Å². The highest BCUT2D eigenvalue weighted by Gasteiger charge is 2.29. The maximum Gasteiger partial charge on any atom is 0.416 e. The van der Waals surface area contributed by atoms with Gasteiger partial charge in [0.25, 0.3) is 0 Å². The van der Waals surface area contributed by atoms with E-state index < -0.39 is 11.7 Å². The molecule has 1 unspecified atom stereocenters. The summed E-state index contributed by atoms with van der Waals surface area (Å²) in [5.41, 5.74) is -0.136. The normalized spacial score (nSPS) is 17.6. The Kier molecular flexibility index (Phi) is 7.34. The zero-order chi connectivity index (χ0) is 19.0. The summed E-state index contributed by atoms with van der Waals surface area (Å²) in [6.45, 7) is 5.46. The van der Waals surface area contributed by atoms with E-state index in [1.807, 2.05) is 14.0 Å². The first-order valence-electron chi connectivity index (χ1n) is 8.63. The van der Waals surface area contributed by atoms with Crippen LogP contribution in [0.3, 0.4) is 0 Å². The molecule has 1 atom stereocenters. The van der Waals surface area contributed by atoms with Crippen LogP contribution >= 0.6 is 0 Å². The summed E-state index contributed by atoms with van der Waals surface area (Å²) in [5, 5.41) is 3.22. The number of nitrogens with zero attached hydrogens (tertiary/aromatic N) is 2. The largest absolute Gasteiger partial charge is 0.416 e. The molecule has 1 aromatic rings. The van der Waals surface area contributed by atoms with Gasteiger partial charge in [0.2, 0.25) is 0 Å². The average Bonchev–Trinajstić information content (AvgIpc) is 3.10.